The van der Waals surface area contributed by atoms with Crippen LogP contribution >= 0.6 is 0 Å². The van der Waals surface area contributed by atoms with Gasteiger partial charge in [0.05, 0.1) is 33.5 Å². The molecular weight excluding hydrogens is 388 g/mol. The van der Waals surface area contributed by atoms with Crippen LogP contribution in [-0.2, 0) is 0 Å². The molecule has 2 aromatic carbocycles. The van der Waals surface area contributed by atoms with E-state index in [2.05, 4.69) is 0 Å². The molecule has 0 N–H and O–H groups in total. The summed E-state index contributed by atoms with van der Waals surface area (Å²) in [4.78, 5) is 12.8. The van der Waals surface area contributed by atoms with Gasteiger partial charge < -0.3 is 28.1 Å². The highest BCUT2D eigenvalue weighted by Gasteiger charge is 2.22. The van der Waals surface area contributed by atoms with Crippen LogP contribution in [0.1, 0.15) is 26.7 Å². The van der Waals surface area contributed by atoms with E-state index in [9.17, 15) is 4.79 Å². The molecule has 0 aliphatic rings. The second-order valence-electron chi connectivity index (χ2n) is 6.58. The molecule has 0 aliphatic heterocycles. The molecule has 160 valence electrons. The molecule has 3 rings (SSSR count). The van der Waals surface area contributed by atoms with E-state index in [-0.39, 0.29) is 34.2 Å². The average Bonchev–Trinajstić information content (AvgIpc) is 2.76. The van der Waals surface area contributed by atoms with E-state index in [0.717, 1.165) is 12.8 Å². The van der Waals surface area contributed by atoms with Gasteiger partial charge in [-0.2, -0.15) is 0 Å². The zero-order valence-electron chi connectivity index (χ0n) is 17.8. The van der Waals surface area contributed by atoms with Crippen LogP contribution in [0.3, 0.4) is 0 Å². The van der Waals surface area contributed by atoms with E-state index in [4.69, 9.17) is 28.1 Å². The van der Waals surface area contributed by atoms with E-state index < -0.39 is 0 Å². The third-order valence-corrected chi connectivity index (χ3v) is 4.76. The molecule has 0 atom stereocenters. The standard InChI is InChI=1S/C23H26O7/c1-6-14(7-2)28-19-13-18-21(23(27-5)22(19)26-4)17(24)12-20(30-18)29-16-10-8-15(25-3)9-11-16/h8-14H,6-7H2,1-5H3. The van der Waals surface area contributed by atoms with E-state index in [1.165, 1.54) is 20.3 Å². The molecule has 0 aliphatic carbocycles. The number of hydrogen-bond acceptors (Lipinski definition) is 7. The van der Waals surface area contributed by atoms with Gasteiger partial charge in [0.1, 0.15) is 22.5 Å². The Labute approximate surface area is 175 Å². The minimum atomic E-state index is -0.316. The van der Waals surface area contributed by atoms with Gasteiger partial charge in [0.25, 0.3) is 5.95 Å². The SMILES string of the molecule is CCC(CC)Oc1cc2oc(Oc3ccc(OC)cc3)cc(=O)c2c(OC)c1OC. The maximum atomic E-state index is 12.8. The summed E-state index contributed by atoms with van der Waals surface area (Å²) in [5.41, 5.74) is -0.0337. The summed E-state index contributed by atoms with van der Waals surface area (Å²) in [7, 11) is 4.56. The fourth-order valence-electron chi connectivity index (χ4n) is 3.15. The molecule has 1 aromatic heterocycles. The van der Waals surface area contributed by atoms with E-state index in [1.54, 1.807) is 37.4 Å². The molecule has 0 radical (unpaired) electrons. The molecule has 7 nitrogen and oxygen atoms in total. The molecule has 0 saturated heterocycles. The monoisotopic (exact) mass is 414 g/mol. The summed E-state index contributed by atoms with van der Waals surface area (Å²) in [5.74, 6) is 2.32. The van der Waals surface area contributed by atoms with Gasteiger partial charge in [-0.25, -0.2) is 0 Å². The van der Waals surface area contributed by atoms with Crippen LogP contribution < -0.4 is 29.1 Å². The Bertz CT molecular complexity index is 1050. The van der Waals surface area contributed by atoms with Gasteiger partial charge in [-0.1, -0.05) is 13.8 Å². The molecule has 0 bridgehead atoms. The second-order valence-corrected chi connectivity index (χ2v) is 6.58. The lowest BCUT2D eigenvalue weighted by molar-refractivity contribution is 0.183. The van der Waals surface area contributed by atoms with Crippen molar-refractivity contribution in [1.82, 2.24) is 0 Å². The van der Waals surface area contributed by atoms with Crippen LogP contribution in [0.2, 0.25) is 0 Å². The summed E-state index contributed by atoms with van der Waals surface area (Å²) in [6.07, 6.45) is 1.64. The number of hydrogen-bond donors (Lipinski definition) is 0. The highest BCUT2D eigenvalue weighted by Crippen LogP contribution is 2.43. The Balaban J connectivity index is 2.09. The molecule has 0 unspecified atom stereocenters. The third kappa shape index (κ3) is 4.30. The van der Waals surface area contributed by atoms with Crippen molar-refractivity contribution >= 4 is 11.0 Å². The lowest BCUT2D eigenvalue weighted by Gasteiger charge is -2.20. The summed E-state index contributed by atoms with van der Waals surface area (Å²) in [6.45, 7) is 4.08. The Morgan fingerprint density at radius 2 is 1.50 bits per heavy atom. The Hall–Kier alpha value is -3.35. The van der Waals surface area contributed by atoms with Crippen molar-refractivity contribution in [2.24, 2.45) is 0 Å². The smallest absolute Gasteiger partial charge is 0.294 e. The van der Waals surface area contributed by atoms with Crippen molar-refractivity contribution in [3.8, 4) is 34.7 Å². The third-order valence-electron chi connectivity index (χ3n) is 4.76. The van der Waals surface area contributed by atoms with Crippen molar-refractivity contribution in [2.75, 3.05) is 21.3 Å². The number of ether oxygens (including phenoxy) is 5. The molecule has 7 heteroatoms. The first-order valence-corrected chi connectivity index (χ1v) is 9.75. The first-order valence-electron chi connectivity index (χ1n) is 9.75. The molecule has 0 saturated carbocycles. The maximum Gasteiger partial charge on any atom is 0.294 e. The number of rotatable bonds is 9. The van der Waals surface area contributed by atoms with Gasteiger partial charge in [0.15, 0.2) is 11.5 Å². The fraction of sp³-hybridized carbons (Fsp3) is 0.348. The first-order chi connectivity index (χ1) is 14.5. The number of methoxy groups -OCH3 is 3. The predicted molar refractivity (Wildman–Crippen MR) is 114 cm³/mol. The lowest BCUT2D eigenvalue weighted by Crippen LogP contribution is -2.15. The van der Waals surface area contributed by atoms with Crippen molar-refractivity contribution in [2.45, 2.75) is 32.8 Å². The molecule has 0 fully saturated rings. The van der Waals surface area contributed by atoms with Gasteiger partial charge in [0, 0.05) is 6.07 Å². The summed E-state index contributed by atoms with van der Waals surface area (Å²) >= 11 is 0. The molecular formula is C23H26O7. The van der Waals surface area contributed by atoms with E-state index in [0.29, 0.717) is 23.0 Å². The van der Waals surface area contributed by atoms with Crippen LogP contribution in [0, 0.1) is 0 Å². The van der Waals surface area contributed by atoms with E-state index >= 15 is 0 Å². The minimum Gasteiger partial charge on any atom is -0.497 e. The summed E-state index contributed by atoms with van der Waals surface area (Å²) < 4.78 is 33.8. The van der Waals surface area contributed by atoms with Gasteiger partial charge in [-0.3, -0.25) is 4.79 Å². The summed E-state index contributed by atoms with van der Waals surface area (Å²) in [5, 5.41) is 0.258. The van der Waals surface area contributed by atoms with Gasteiger partial charge in [-0.15, -0.1) is 0 Å². The summed E-state index contributed by atoms with van der Waals surface area (Å²) in [6, 6.07) is 9.86. The normalized spacial score (nSPS) is 10.9. The molecule has 30 heavy (non-hydrogen) atoms. The van der Waals surface area contributed by atoms with Crippen LogP contribution in [0.15, 0.2) is 45.6 Å². The van der Waals surface area contributed by atoms with Crippen molar-refractivity contribution < 1.29 is 28.1 Å². The van der Waals surface area contributed by atoms with Crippen molar-refractivity contribution in [1.29, 1.82) is 0 Å². The fourth-order valence-corrected chi connectivity index (χ4v) is 3.15. The van der Waals surface area contributed by atoms with Crippen LogP contribution in [0.4, 0.5) is 0 Å². The van der Waals surface area contributed by atoms with Crippen LogP contribution in [0.5, 0.6) is 34.7 Å². The second kappa shape index (κ2) is 9.43. The van der Waals surface area contributed by atoms with Crippen molar-refractivity contribution in [3.63, 3.8) is 0 Å². The zero-order chi connectivity index (χ0) is 21.7. The van der Waals surface area contributed by atoms with Gasteiger partial charge >= 0.3 is 0 Å². The Morgan fingerprint density at radius 1 is 0.867 bits per heavy atom. The zero-order valence-corrected chi connectivity index (χ0v) is 17.8. The quantitative estimate of drug-likeness (QED) is 0.477. The average molecular weight is 414 g/mol. The van der Waals surface area contributed by atoms with Gasteiger partial charge in [0.2, 0.25) is 11.2 Å². The minimum absolute atomic E-state index is 0.00786. The topological polar surface area (TPSA) is 76.4 Å². The molecule has 1 heterocycles. The van der Waals surface area contributed by atoms with Crippen molar-refractivity contribution in [3.05, 3.63) is 46.6 Å². The Morgan fingerprint density at radius 3 is 2.07 bits per heavy atom. The highest BCUT2D eigenvalue weighted by atomic mass is 16.6. The molecule has 3 aromatic rings. The van der Waals surface area contributed by atoms with Gasteiger partial charge in [-0.05, 0) is 37.1 Å². The first kappa shape index (κ1) is 21.4. The largest absolute Gasteiger partial charge is 0.497 e. The predicted octanol–water partition coefficient (Wildman–Crippen LogP) is 5.18. The van der Waals surface area contributed by atoms with Crippen LogP contribution in [0.25, 0.3) is 11.0 Å². The van der Waals surface area contributed by atoms with Crippen LogP contribution in [-0.4, -0.2) is 27.4 Å². The maximum absolute atomic E-state index is 12.8. The number of fused-ring (bicyclic) bond motifs is 1. The molecule has 0 spiro atoms. The Kier molecular flexibility index (Phi) is 6.72. The molecule has 0 amide bonds. The number of benzene rings is 2. The lowest BCUT2D eigenvalue weighted by atomic mass is 10.1. The highest BCUT2D eigenvalue weighted by molar-refractivity contribution is 5.89. The van der Waals surface area contributed by atoms with E-state index in [1.807, 2.05) is 13.8 Å².